The molecule has 142 valence electrons. The highest BCUT2D eigenvalue weighted by molar-refractivity contribution is 7.92. The van der Waals surface area contributed by atoms with Gasteiger partial charge < -0.3 is 9.84 Å². The van der Waals surface area contributed by atoms with Gasteiger partial charge in [-0.05, 0) is 19.4 Å². The Kier molecular flexibility index (Phi) is 5.71. The van der Waals surface area contributed by atoms with Gasteiger partial charge in [-0.15, -0.1) is 11.3 Å². The second kappa shape index (κ2) is 8.01. The van der Waals surface area contributed by atoms with Crippen molar-refractivity contribution in [1.29, 1.82) is 0 Å². The minimum Gasteiger partial charge on any atom is -0.360 e. The van der Waals surface area contributed by atoms with Crippen molar-refractivity contribution < 1.29 is 17.7 Å². The molecular weight excluding hydrogens is 386 g/mol. The van der Waals surface area contributed by atoms with E-state index in [2.05, 4.69) is 15.5 Å². The second-order valence-corrected chi connectivity index (χ2v) is 9.42. The van der Waals surface area contributed by atoms with Crippen molar-refractivity contribution in [1.82, 2.24) is 10.1 Å². The Hall–Kier alpha value is -2.52. The number of carbonyl (C=O) groups is 1. The zero-order valence-electron chi connectivity index (χ0n) is 14.9. The summed E-state index contributed by atoms with van der Waals surface area (Å²) in [6.07, 6.45) is 0.646. The van der Waals surface area contributed by atoms with Crippen LogP contribution < -0.4 is 5.32 Å². The highest BCUT2D eigenvalue weighted by Crippen LogP contribution is 2.19. The Bertz CT molecular complexity index is 1030. The van der Waals surface area contributed by atoms with Crippen LogP contribution in [0.3, 0.4) is 0 Å². The van der Waals surface area contributed by atoms with E-state index in [1.54, 1.807) is 12.3 Å². The van der Waals surface area contributed by atoms with Crippen molar-refractivity contribution in [3.8, 4) is 0 Å². The largest absolute Gasteiger partial charge is 0.360 e. The molecule has 0 saturated carbocycles. The minimum absolute atomic E-state index is 0.193. The van der Waals surface area contributed by atoms with Gasteiger partial charge in [0.2, 0.25) is 5.91 Å². The number of carbonyl (C=O) groups excluding carboxylic acids is 1. The average molecular weight is 406 g/mol. The summed E-state index contributed by atoms with van der Waals surface area (Å²) in [5.74, 6) is -0.222. The number of thiazole rings is 1. The zero-order valence-corrected chi connectivity index (χ0v) is 16.5. The van der Waals surface area contributed by atoms with Gasteiger partial charge in [-0.1, -0.05) is 35.5 Å². The quantitative estimate of drug-likeness (QED) is 0.648. The topological polar surface area (TPSA) is 102 Å². The lowest BCUT2D eigenvalue weighted by Gasteiger charge is -2.11. The number of aromatic nitrogens is 2. The lowest BCUT2D eigenvalue weighted by molar-refractivity contribution is -0.115. The first-order chi connectivity index (χ1) is 12.8. The Morgan fingerprint density at radius 2 is 2.04 bits per heavy atom. The third-order valence-electron chi connectivity index (χ3n) is 3.93. The fourth-order valence-electron chi connectivity index (χ4n) is 2.41. The zero-order chi connectivity index (χ0) is 19.4. The Labute approximate surface area is 161 Å². The maximum atomic E-state index is 12.6. The van der Waals surface area contributed by atoms with Gasteiger partial charge in [-0.25, -0.2) is 13.4 Å². The number of aryl methyl sites for hydroxylation is 1. The van der Waals surface area contributed by atoms with E-state index >= 15 is 0 Å². The summed E-state index contributed by atoms with van der Waals surface area (Å²) in [5, 5.41) is 7.42. The summed E-state index contributed by atoms with van der Waals surface area (Å²) < 4.78 is 30.0. The molecule has 7 nitrogen and oxygen atoms in total. The van der Waals surface area contributed by atoms with Crippen LogP contribution in [0.2, 0.25) is 0 Å². The number of sulfone groups is 1. The maximum Gasteiger partial charge on any atom is 0.243 e. The molecule has 1 amide bonds. The van der Waals surface area contributed by atoms with Crippen LogP contribution in [0.15, 0.2) is 46.3 Å². The minimum atomic E-state index is -3.71. The van der Waals surface area contributed by atoms with Gasteiger partial charge in [0, 0.05) is 17.9 Å². The van der Waals surface area contributed by atoms with E-state index in [9.17, 15) is 13.2 Å². The molecule has 0 spiro atoms. The molecule has 2 aromatic heterocycles. The van der Waals surface area contributed by atoms with E-state index in [-0.39, 0.29) is 11.6 Å². The molecule has 2 heterocycles. The molecule has 0 radical (unpaired) electrons. The van der Waals surface area contributed by atoms with Crippen LogP contribution in [0.5, 0.6) is 0 Å². The van der Waals surface area contributed by atoms with Crippen molar-refractivity contribution in [2.75, 3.05) is 5.32 Å². The van der Waals surface area contributed by atoms with E-state index in [0.29, 0.717) is 17.9 Å². The molecule has 9 heteroatoms. The summed E-state index contributed by atoms with van der Waals surface area (Å²) in [6.45, 7) is 3.03. The lowest BCUT2D eigenvalue weighted by atomic mass is 10.2. The maximum absolute atomic E-state index is 12.6. The monoisotopic (exact) mass is 405 g/mol. The summed E-state index contributed by atoms with van der Waals surface area (Å²) in [6, 6.07) is 11.4. The van der Waals surface area contributed by atoms with Crippen LogP contribution in [0.25, 0.3) is 0 Å². The van der Waals surface area contributed by atoms with Crippen LogP contribution >= 0.6 is 11.3 Å². The van der Waals surface area contributed by atoms with Gasteiger partial charge >= 0.3 is 0 Å². The number of amides is 1. The molecule has 0 aliphatic rings. The van der Waals surface area contributed by atoms with Crippen LogP contribution in [0, 0.1) is 6.92 Å². The molecule has 0 aliphatic carbocycles. The van der Waals surface area contributed by atoms with E-state index in [1.165, 1.54) is 24.3 Å². The number of rotatable bonds is 7. The summed E-state index contributed by atoms with van der Waals surface area (Å²) in [5.41, 5.74) is 1.56. The Morgan fingerprint density at radius 3 is 2.70 bits per heavy atom. The molecule has 1 aromatic carbocycles. The molecule has 1 N–H and O–H groups in total. The van der Waals surface area contributed by atoms with Crippen molar-refractivity contribution >= 4 is 32.9 Å². The summed E-state index contributed by atoms with van der Waals surface area (Å²) in [7, 11) is -3.71. The molecule has 0 saturated heterocycles. The normalized spacial score (nSPS) is 12.7. The number of nitrogens with one attached hydrogen (secondary N) is 1. The fourth-order valence-corrected chi connectivity index (χ4v) is 4.54. The molecule has 0 bridgehead atoms. The smallest absolute Gasteiger partial charge is 0.243 e. The van der Waals surface area contributed by atoms with Gasteiger partial charge in [0.05, 0.1) is 16.5 Å². The number of benzene rings is 1. The second-order valence-electron chi connectivity index (χ2n) is 6.16. The molecule has 0 aliphatic heterocycles. The SMILES string of the molecule is Cc1cc(NC(=O)[C@@H](C)S(=O)(=O)Cc2csc(Cc3ccccc3)n2)no1. The first-order valence-corrected chi connectivity index (χ1v) is 10.9. The van der Waals surface area contributed by atoms with E-state index in [4.69, 9.17) is 4.52 Å². The van der Waals surface area contributed by atoms with Crippen molar-refractivity contribution in [3.05, 3.63) is 63.8 Å². The van der Waals surface area contributed by atoms with Crippen molar-refractivity contribution in [2.45, 2.75) is 31.3 Å². The van der Waals surface area contributed by atoms with Crippen molar-refractivity contribution in [2.24, 2.45) is 0 Å². The van der Waals surface area contributed by atoms with Crippen molar-refractivity contribution in [3.63, 3.8) is 0 Å². The van der Waals surface area contributed by atoms with Gasteiger partial charge in [0.1, 0.15) is 11.0 Å². The van der Waals surface area contributed by atoms with E-state index in [1.807, 2.05) is 30.3 Å². The predicted octanol–water partition coefficient (Wildman–Crippen LogP) is 2.97. The molecule has 3 rings (SSSR count). The standard InChI is InChI=1S/C18H19N3O4S2/c1-12-8-16(21-25-12)20-18(22)13(2)27(23,24)11-15-10-26-17(19-15)9-14-6-4-3-5-7-14/h3-8,10,13H,9,11H2,1-2H3,(H,20,21,22)/t13-/m1/s1. The first-order valence-electron chi connectivity index (χ1n) is 8.26. The van der Waals surface area contributed by atoms with Gasteiger partial charge in [-0.2, -0.15) is 0 Å². The first kappa shape index (κ1) is 19.2. The fraction of sp³-hybridized carbons (Fsp3) is 0.278. The van der Waals surface area contributed by atoms with Crippen LogP contribution in [0.4, 0.5) is 5.82 Å². The molecule has 0 fully saturated rings. The summed E-state index contributed by atoms with van der Waals surface area (Å²) >= 11 is 1.41. The Morgan fingerprint density at radius 1 is 1.30 bits per heavy atom. The molecule has 3 aromatic rings. The molecular formula is C18H19N3O4S2. The predicted molar refractivity (Wildman–Crippen MR) is 103 cm³/mol. The highest BCUT2D eigenvalue weighted by Gasteiger charge is 2.29. The average Bonchev–Trinajstić information content (AvgIpc) is 3.23. The third kappa shape index (κ3) is 5.01. The number of anilines is 1. The summed E-state index contributed by atoms with van der Waals surface area (Å²) in [4.78, 5) is 16.6. The molecule has 1 atom stereocenters. The van der Waals surface area contributed by atoms with Gasteiger partial charge in [0.25, 0.3) is 0 Å². The Balaban J connectivity index is 1.64. The molecule has 0 unspecified atom stereocenters. The van der Waals surface area contributed by atoms with E-state index in [0.717, 1.165) is 10.6 Å². The van der Waals surface area contributed by atoms with Gasteiger partial charge in [0.15, 0.2) is 15.7 Å². The molecule has 27 heavy (non-hydrogen) atoms. The third-order valence-corrected chi connectivity index (χ3v) is 6.82. The van der Waals surface area contributed by atoms with Gasteiger partial charge in [-0.3, -0.25) is 4.79 Å². The van der Waals surface area contributed by atoms with Crippen LogP contribution in [-0.4, -0.2) is 29.7 Å². The highest BCUT2D eigenvalue weighted by atomic mass is 32.2. The number of nitrogens with zero attached hydrogens (tertiary/aromatic N) is 2. The van der Waals surface area contributed by atoms with E-state index < -0.39 is 21.0 Å². The number of hydrogen-bond donors (Lipinski definition) is 1. The lowest BCUT2D eigenvalue weighted by Crippen LogP contribution is -2.33. The van der Waals surface area contributed by atoms with Crippen LogP contribution in [-0.2, 0) is 26.8 Å². The van der Waals surface area contributed by atoms with Crippen LogP contribution in [0.1, 0.15) is 28.9 Å². The number of hydrogen-bond acceptors (Lipinski definition) is 7.